The molecule has 2 N–H and O–H groups in total. The first-order valence-electron chi connectivity index (χ1n) is 8.89. The minimum absolute atomic E-state index is 0.0435. The van der Waals surface area contributed by atoms with Gasteiger partial charge in [-0.05, 0) is 32.4 Å². The number of ether oxygens (including phenoxy) is 2. The lowest BCUT2D eigenvalue weighted by Crippen LogP contribution is -2.44. The molecule has 0 atom stereocenters. The van der Waals surface area contributed by atoms with E-state index in [0.29, 0.717) is 42.8 Å². The number of hydrogen-bond acceptors (Lipinski definition) is 6. The molecule has 2 aliphatic rings. The molecule has 0 spiro atoms. The molecule has 148 valence electrons. The first-order valence-corrected chi connectivity index (χ1v) is 10.5. The molecule has 0 aromatic heterocycles. The van der Waals surface area contributed by atoms with Crippen molar-refractivity contribution in [3.05, 3.63) is 29.3 Å². The van der Waals surface area contributed by atoms with Crippen LogP contribution in [0.3, 0.4) is 0 Å². The SMILES string of the molecule is CC(C)(C)OC(=O)N1CCC(Oc2cccc3c2C(N)=NS(=O)(=O)C3)CC1. The van der Waals surface area contributed by atoms with E-state index >= 15 is 0 Å². The Morgan fingerprint density at radius 2 is 1.93 bits per heavy atom. The summed E-state index contributed by atoms with van der Waals surface area (Å²) in [6.45, 7) is 6.58. The van der Waals surface area contributed by atoms with Gasteiger partial charge in [0.2, 0.25) is 0 Å². The fourth-order valence-corrected chi connectivity index (χ4v) is 4.26. The maximum atomic E-state index is 12.1. The number of nitrogens with zero attached hydrogens (tertiary/aromatic N) is 2. The molecule has 1 fully saturated rings. The van der Waals surface area contributed by atoms with Gasteiger partial charge in [0.25, 0.3) is 10.0 Å². The van der Waals surface area contributed by atoms with E-state index in [2.05, 4.69) is 4.40 Å². The summed E-state index contributed by atoms with van der Waals surface area (Å²) in [4.78, 5) is 13.8. The van der Waals surface area contributed by atoms with Crippen LogP contribution in [0.15, 0.2) is 22.6 Å². The van der Waals surface area contributed by atoms with E-state index in [1.165, 1.54) is 0 Å². The third-order valence-corrected chi connectivity index (χ3v) is 5.48. The van der Waals surface area contributed by atoms with E-state index < -0.39 is 15.6 Å². The van der Waals surface area contributed by atoms with Crippen molar-refractivity contribution in [1.29, 1.82) is 0 Å². The van der Waals surface area contributed by atoms with Crippen molar-refractivity contribution in [2.24, 2.45) is 10.1 Å². The first kappa shape index (κ1) is 19.5. The van der Waals surface area contributed by atoms with Crippen LogP contribution in [-0.2, 0) is 20.5 Å². The summed E-state index contributed by atoms with van der Waals surface area (Å²) in [5.74, 6) is 0.300. The largest absolute Gasteiger partial charge is 0.490 e. The first-order chi connectivity index (χ1) is 12.5. The zero-order valence-corrected chi connectivity index (χ0v) is 16.6. The quantitative estimate of drug-likeness (QED) is 0.820. The van der Waals surface area contributed by atoms with Gasteiger partial charge in [-0.25, -0.2) is 13.2 Å². The summed E-state index contributed by atoms with van der Waals surface area (Å²) in [5, 5.41) is 0. The van der Waals surface area contributed by atoms with E-state index in [-0.39, 0.29) is 23.8 Å². The van der Waals surface area contributed by atoms with Gasteiger partial charge >= 0.3 is 6.09 Å². The number of fused-ring (bicyclic) bond motifs is 1. The Morgan fingerprint density at radius 1 is 1.26 bits per heavy atom. The molecule has 27 heavy (non-hydrogen) atoms. The van der Waals surface area contributed by atoms with E-state index in [4.69, 9.17) is 15.2 Å². The molecule has 1 amide bonds. The van der Waals surface area contributed by atoms with Crippen molar-refractivity contribution in [3.63, 3.8) is 0 Å². The number of piperidine rings is 1. The van der Waals surface area contributed by atoms with Crippen molar-refractivity contribution >= 4 is 22.0 Å². The third kappa shape index (κ3) is 4.71. The van der Waals surface area contributed by atoms with Gasteiger partial charge in [-0.15, -0.1) is 4.40 Å². The van der Waals surface area contributed by atoms with Crippen molar-refractivity contribution in [1.82, 2.24) is 4.90 Å². The summed E-state index contributed by atoms with van der Waals surface area (Å²) >= 11 is 0. The van der Waals surface area contributed by atoms with E-state index in [1.54, 1.807) is 23.1 Å². The summed E-state index contributed by atoms with van der Waals surface area (Å²) in [5.41, 5.74) is 6.48. The number of nitrogens with two attached hydrogens (primary N) is 1. The highest BCUT2D eigenvalue weighted by molar-refractivity contribution is 7.89. The summed E-state index contributed by atoms with van der Waals surface area (Å²) in [6, 6.07) is 5.23. The highest BCUT2D eigenvalue weighted by atomic mass is 32.2. The Bertz CT molecular complexity index is 865. The summed E-state index contributed by atoms with van der Waals surface area (Å²) in [6.07, 6.45) is 0.886. The molecule has 1 saturated heterocycles. The lowest BCUT2D eigenvalue weighted by molar-refractivity contribution is 0.0126. The molecule has 2 aliphatic heterocycles. The van der Waals surface area contributed by atoms with Gasteiger partial charge in [0, 0.05) is 25.9 Å². The number of rotatable bonds is 2. The minimum Gasteiger partial charge on any atom is -0.490 e. The molecular formula is C18H25N3O5S. The van der Waals surface area contributed by atoms with Crippen LogP contribution in [0.2, 0.25) is 0 Å². The molecule has 1 aromatic carbocycles. The lowest BCUT2D eigenvalue weighted by atomic mass is 10.0. The standard InChI is InChI=1S/C18H25N3O5S/c1-18(2,3)26-17(22)21-9-7-13(8-10-21)25-14-6-4-5-12-11-27(23,24)20-16(19)15(12)14/h4-6,13H,7-11H2,1-3H3,(H2,19,20). The molecule has 0 radical (unpaired) electrons. The van der Waals surface area contributed by atoms with Gasteiger partial charge in [0.05, 0.1) is 11.3 Å². The van der Waals surface area contributed by atoms with Gasteiger partial charge in [-0.2, -0.15) is 0 Å². The van der Waals surface area contributed by atoms with Crippen LogP contribution < -0.4 is 10.5 Å². The van der Waals surface area contributed by atoms with E-state index in [1.807, 2.05) is 20.8 Å². The van der Waals surface area contributed by atoms with Gasteiger partial charge in [-0.1, -0.05) is 12.1 Å². The normalized spacial score (nSPS) is 19.8. The van der Waals surface area contributed by atoms with Crippen molar-refractivity contribution in [3.8, 4) is 5.75 Å². The number of hydrogen-bond donors (Lipinski definition) is 1. The second kappa shape index (κ2) is 7.03. The average Bonchev–Trinajstić information content (AvgIpc) is 2.52. The highest BCUT2D eigenvalue weighted by Crippen LogP contribution is 2.30. The van der Waals surface area contributed by atoms with Gasteiger partial charge < -0.3 is 20.1 Å². The molecule has 1 aromatic rings. The lowest BCUT2D eigenvalue weighted by Gasteiger charge is -2.34. The van der Waals surface area contributed by atoms with Gasteiger partial charge in [0.1, 0.15) is 23.3 Å². The molecule has 9 heteroatoms. The zero-order chi connectivity index (χ0) is 19.8. The van der Waals surface area contributed by atoms with Crippen molar-refractivity contribution in [2.75, 3.05) is 13.1 Å². The number of amidine groups is 1. The summed E-state index contributed by atoms with van der Waals surface area (Å²) < 4.78 is 38.6. The Morgan fingerprint density at radius 3 is 2.56 bits per heavy atom. The van der Waals surface area contributed by atoms with E-state index in [9.17, 15) is 13.2 Å². The number of carbonyl (C=O) groups excluding carboxylic acids is 1. The van der Waals surface area contributed by atoms with Crippen LogP contribution in [-0.4, -0.2) is 50.0 Å². The molecule has 0 bridgehead atoms. The second-order valence-electron chi connectivity index (χ2n) is 7.78. The maximum absolute atomic E-state index is 12.1. The van der Waals surface area contributed by atoms with Crippen LogP contribution in [0, 0.1) is 0 Å². The van der Waals surface area contributed by atoms with Gasteiger partial charge in [0.15, 0.2) is 0 Å². The van der Waals surface area contributed by atoms with Crippen LogP contribution >= 0.6 is 0 Å². The Balaban J connectivity index is 1.67. The van der Waals surface area contributed by atoms with E-state index in [0.717, 1.165) is 0 Å². The smallest absolute Gasteiger partial charge is 0.410 e. The second-order valence-corrected chi connectivity index (χ2v) is 9.41. The predicted octanol–water partition coefficient (Wildman–Crippen LogP) is 2.01. The van der Waals surface area contributed by atoms with Crippen LogP contribution in [0.25, 0.3) is 0 Å². The molecule has 0 unspecified atom stereocenters. The predicted molar refractivity (Wildman–Crippen MR) is 101 cm³/mol. The topological polar surface area (TPSA) is 111 Å². The molecule has 0 aliphatic carbocycles. The fourth-order valence-electron chi connectivity index (χ4n) is 3.17. The van der Waals surface area contributed by atoms with Crippen LogP contribution in [0.1, 0.15) is 44.7 Å². The zero-order valence-electron chi connectivity index (χ0n) is 15.8. The van der Waals surface area contributed by atoms with Crippen LogP contribution in [0.5, 0.6) is 5.75 Å². The average molecular weight is 395 g/mol. The number of amides is 1. The Hall–Kier alpha value is -2.29. The number of benzene rings is 1. The number of sulfonamides is 1. The fraction of sp³-hybridized carbons (Fsp3) is 0.556. The number of likely N-dealkylation sites (tertiary alicyclic amines) is 1. The van der Waals surface area contributed by atoms with Gasteiger partial charge in [-0.3, -0.25) is 0 Å². The monoisotopic (exact) mass is 395 g/mol. The van der Waals surface area contributed by atoms with Crippen molar-refractivity contribution in [2.45, 2.75) is 51.1 Å². The Labute approximate surface area is 159 Å². The molecular weight excluding hydrogens is 370 g/mol. The maximum Gasteiger partial charge on any atom is 0.410 e. The Kier molecular flexibility index (Phi) is 5.07. The third-order valence-electron chi connectivity index (χ3n) is 4.33. The highest BCUT2D eigenvalue weighted by Gasteiger charge is 2.30. The summed E-state index contributed by atoms with van der Waals surface area (Å²) in [7, 11) is -3.58. The van der Waals surface area contributed by atoms with Crippen molar-refractivity contribution < 1.29 is 22.7 Å². The molecule has 8 nitrogen and oxygen atoms in total. The van der Waals surface area contributed by atoms with Crippen LogP contribution in [0.4, 0.5) is 4.79 Å². The molecule has 3 rings (SSSR count). The minimum atomic E-state index is -3.58. The number of carbonyl (C=O) groups is 1. The molecule has 2 heterocycles. The molecule has 0 saturated carbocycles.